The third kappa shape index (κ3) is 4.73. The minimum Gasteiger partial charge on any atom is -0.493 e. The van der Waals surface area contributed by atoms with Gasteiger partial charge in [0.05, 0.1) is 37.5 Å². The van der Waals surface area contributed by atoms with Gasteiger partial charge in [0.1, 0.15) is 11.5 Å². The van der Waals surface area contributed by atoms with E-state index in [2.05, 4.69) is 10.5 Å². The van der Waals surface area contributed by atoms with Crippen LogP contribution in [-0.4, -0.2) is 25.4 Å². The fourth-order valence-corrected chi connectivity index (χ4v) is 2.80. The molecule has 0 amide bonds. The first-order valence-corrected chi connectivity index (χ1v) is 8.84. The first-order valence-electron chi connectivity index (χ1n) is 8.84. The highest BCUT2D eigenvalue weighted by molar-refractivity contribution is 5.78. The Labute approximate surface area is 167 Å². The molecule has 3 aromatic rings. The summed E-state index contributed by atoms with van der Waals surface area (Å²) in [5.74, 6) is 2.20. The van der Waals surface area contributed by atoms with Gasteiger partial charge in [0.2, 0.25) is 0 Å². The number of nitro benzene ring substituents is 1. The van der Waals surface area contributed by atoms with Gasteiger partial charge < -0.3 is 19.3 Å². The van der Waals surface area contributed by atoms with E-state index < -0.39 is 4.92 Å². The average Bonchev–Trinajstić information content (AvgIpc) is 3.19. The zero-order chi connectivity index (χ0) is 20.8. The Morgan fingerprint density at radius 2 is 1.90 bits per heavy atom. The van der Waals surface area contributed by atoms with Gasteiger partial charge in [0.25, 0.3) is 5.69 Å². The van der Waals surface area contributed by atoms with Gasteiger partial charge in [-0.3, -0.25) is 10.1 Å². The molecule has 0 saturated carbocycles. The number of methoxy groups -OCH3 is 2. The highest BCUT2D eigenvalue weighted by atomic mass is 16.6. The topological polar surface area (TPSA) is 99.1 Å². The number of ether oxygens (including phenoxy) is 2. The summed E-state index contributed by atoms with van der Waals surface area (Å²) in [7, 11) is 3.17. The number of nitro groups is 1. The second kappa shape index (κ2) is 8.92. The standard InChI is InChI=1S/C21H21N3O5/c1-14-4-7-17(18(10-14)24(25)26)19-9-6-16(29-19)13-23-22-12-15-5-8-20(27-2)21(11-15)28-3/h4-11,13,22H,12H2,1-3H3/b23-13+. The number of hydrazone groups is 1. The molecule has 8 heteroatoms. The first kappa shape index (κ1) is 19.9. The van der Waals surface area contributed by atoms with Crippen LogP contribution >= 0.6 is 0 Å². The summed E-state index contributed by atoms with van der Waals surface area (Å²) in [6, 6.07) is 14.0. The minimum absolute atomic E-state index is 0.00872. The van der Waals surface area contributed by atoms with Crippen LogP contribution in [0, 0.1) is 17.0 Å². The van der Waals surface area contributed by atoms with E-state index in [-0.39, 0.29) is 5.69 Å². The average molecular weight is 395 g/mol. The molecule has 1 aromatic heterocycles. The maximum atomic E-state index is 11.3. The van der Waals surface area contributed by atoms with Crippen molar-refractivity contribution < 1.29 is 18.8 Å². The quantitative estimate of drug-likeness (QED) is 0.347. The van der Waals surface area contributed by atoms with E-state index in [4.69, 9.17) is 13.9 Å². The third-order valence-corrected chi connectivity index (χ3v) is 4.26. The number of hydrogen-bond donors (Lipinski definition) is 1. The van der Waals surface area contributed by atoms with E-state index >= 15 is 0 Å². The van der Waals surface area contributed by atoms with Crippen molar-refractivity contribution in [2.24, 2.45) is 5.10 Å². The van der Waals surface area contributed by atoms with Crippen LogP contribution in [-0.2, 0) is 6.54 Å². The molecule has 0 radical (unpaired) electrons. The lowest BCUT2D eigenvalue weighted by atomic mass is 10.1. The zero-order valence-electron chi connectivity index (χ0n) is 16.3. The van der Waals surface area contributed by atoms with Gasteiger partial charge in [-0.05, 0) is 48.4 Å². The van der Waals surface area contributed by atoms with Crippen molar-refractivity contribution in [1.82, 2.24) is 5.43 Å². The molecule has 0 aliphatic rings. The third-order valence-electron chi connectivity index (χ3n) is 4.26. The molecule has 0 fully saturated rings. The van der Waals surface area contributed by atoms with Crippen molar-refractivity contribution >= 4 is 11.9 Å². The Hall–Kier alpha value is -3.81. The second-order valence-corrected chi connectivity index (χ2v) is 6.26. The van der Waals surface area contributed by atoms with E-state index in [1.54, 1.807) is 39.3 Å². The van der Waals surface area contributed by atoms with Crippen LogP contribution in [0.4, 0.5) is 5.69 Å². The van der Waals surface area contributed by atoms with Gasteiger partial charge >= 0.3 is 0 Å². The number of benzene rings is 2. The van der Waals surface area contributed by atoms with Gasteiger partial charge in [-0.2, -0.15) is 5.10 Å². The number of aryl methyl sites for hydroxylation is 1. The molecule has 0 saturated heterocycles. The van der Waals surface area contributed by atoms with Crippen LogP contribution in [0.2, 0.25) is 0 Å². The highest BCUT2D eigenvalue weighted by Gasteiger charge is 2.18. The van der Waals surface area contributed by atoms with E-state index in [0.717, 1.165) is 11.1 Å². The van der Waals surface area contributed by atoms with Crippen LogP contribution in [0.25, 0.3) is 11.3 Å². The van der Waals surface area contributed by atoms with Crippen molar-refractivity contribution in [2.75, 3.05) is 14.2 Å². The summed E-state index contributed by atoms with van der Waals surface area (Å²) in [5, 5.41) is 15.4. The molecule has 0 aliphatic heterocycles. The highest BCUT2D eigenvalue weighted by Crippen LogP contribution is 2.31. The fourth-order valence-electron chi connectivity index (χ4n) is 2.80. The lowest BCUT2D eigenvalue weighted by Gasteiger charge is -2.09. The number of hydrogen-bond acceptors (Lipinski definition) is 7. The van der Waals surface area contributed by atoms with Crippen molar-refractivity contribution in [3.05, 3.63) is 75.5 Å². The summed E-state index contributed by atoms with van der Waals surface area (Å²) in [6.07, 6.45) is 1.52. The van der Waals surface area contributed by atoms with Gasteiger partial charge in [-0.1, -0.05) is 12.1 Å². The molecule has 1 N–H and O–H groups in total. The van der Waals surface area contributed by atoms with Crippen molar-refractivity contribution in [1.29, 1.82) is 0 Å². The van der Waals surface area contributed by atoms with E-state index in [1.807, 2.05) is 24.3 Å². The fraction of sp³-hybridized carbons (Fsp3) is 0.190. The number of furan rings is 1. The van der Waals surface area contributed by atoms with Crippen molar-refractivity contribution in [2.45, 2.75) is 13.5 Å². The molecule has 1 heterocycles. The van der Waals surface area contributed by atoms with Crippen LogP contribution < -0.4 is 14.9 Å². The van der Waals surface area contributed by atoms with E-state index in [0.29, 0.717) is 35.1 Å². The zero-order valence-corrected chi connectivity index (χ0v) is 16.3. The van der Waals surface area contributed by atoms with Gasteiger partial charge in [-0.15, -0.1) is 0 Å². The molecule has 0 aliphatic carbocycles. The van der Waals surface area contributed by atoms with E-state index in [1.165, 1.54) is 12.3 Å². The molecule has 8 nitrogen and oxygen atoms in total. The first-order chi connectivity index (χ1) is 14.0. The van der Waals surface area contributed by atoms with Crippen LogP contribution in [0.15, 0.2) is 58.0 Å². The molecule has 0 bridgehead atoms. The number of rotatable bonds is 8. The molecule has 2 aromatic carbocycles. The summed E-state index contributed by atoms with van der Waals surface area (Å²) in [6.45, 7) is 2.29. The predicted molar refractivity (Wildman–Crippen MR) is 110 cm³/mol. The largest absolute Gasteiger partial charge is 0.493 e. The molecule has 3 rings (SSSR count). The molecule has 29 heavy (non-hydrogen) atoms. The molecular formula is C21H21N3O5. The van der Waals surface area contributed by atoms with Gasteiger partial charge in [0, 0.05) is 6.07 Å². The molecule has 0 unspecified atom stereocenters. The molecule has 0 atom stereocenters. The SMILES string of the molecule is COc1ccc(CN/N=C/c2ccc(-c3ccc(C)cc3[N+](=O)[O-])o2)cc1OC. The van der Waals surface area contributed by atoms with Crippen molar-refractivity contribution in [3.63, 3.8) is 0 Å². The smallest absolute Gasteiger partial charge is 0.280 e. The monoisotopic (exact) mass is 395 g/mol. The Balaban J connectivity index is 1.67. The lowest BCUT2D eigenvalue weighted by Crippen LogP contribution is -2.05. The van der Waals surface area contributed by atoms with Crippen LogP contribution in [0.1, 0.15) is 16.9 Å². The van der Waals surface area contributed by atoms with Crippen LogP contribution in [0.3, 0.4) is 0 Å². The molecule has 150 valence electrons. The summed E-state index contributed by atoms with van der Waals surface area (Å²) < 4.78 is 16.2. The normalized spacial score (nSPS) is 10.9. The Morgan fingerprint density at radius 1 is 1.10 bits per heavy atom. The Morgan fingerprint density at radius 3 is 2.62 bits per heavy atom. The number of nitrogens with one attached hydrogen (secondary N) is 1. The Kier molecular flexibility index (Phi) is 6.13. The van der Waals surface area contributed by atoms with Crippen molar-refractivity contribution in [3.8, 4) is 22.8 Å². The second-order valence-electron chi connectivity index (χ2n) is 6.26. The summed E-state index contributed by atoms with van der Waals surface area (Å²) in [4.78, 5) is 10.9. The van der Waals surface area contributed by atoms with Gasteiger partial charge in [-0.25, -0.2) is 0 Å². The Bertz CT molecular complexity index is 1040. The lowest BCUT2D eigenvalue weighted by molar-refractivity contribution is -0.384. The number of nitrogens with zero attached hydrogens (tertiary/aromatic N) is 2. The summed E-state index contributed by atoms with van der Waals surface area (Å²) in [5.41, 5.74) is 5.15. The van der Waals surface area contributed by atoms with E-state index in [9.17, 15) is 10.1 Å². The maximum absolute atomic E-state index is 11.3. The van der Waals surface area contributed by atoms with Gasteiger partial charge in [0.15, 0.2) is 11.5 Å². The molecular weight excluding hydrogens is 374 g/mol. The molecule has 0 spiro atoms. The predicted octanol–water partition coefficient (Wildman–Crippen LogP) is 4.30. The minimum atomic E-state index is -0.413. The van der Waals surface area contributed by atoms with Crippen LogP contribution in [0.5, 0.6) is 11.5 Å². The summed E-state index contributed by atoms with van der Waals surface area (Å²) >= 11 is 0. The maximum Gasteiger partial charge on any atom is 0.280 e.